The molecular weight excluding hydrogens is 371 g/mol. The molecule has 1 saturated heterocycles. The van der Waals surface area contributed by atoms with Crippen molar-refractivity contribution in [3.63, 3.8) is 0 Å². The van der Waals surface area contributed by atoms with Gasteiger partial charge < -0.3 is 0 Å². The van der Waals surface area contributed by atoms with Crippen LogP contribution in [0.4, 0.5) is 5.69 Å². The van der Waals surface area contributed by atoms with Crippen molar-refractivity contribution in [1.82, 2.24) is 9.88 Å². The summed E-state index contributed by atoms with van der Waals surface area (Å²) in [4.78, 5) is 20.1. The summed E-state index contributed by atoms with van der Waals surface area (Å²) < 4.78 is 1.16. The third-order valence-corrected chi connectivity index (χ3v) is 6.70. The van der Waals surface area contributed by atoms with Gasteiger partial charge in [-0.05, 0) is 0 Å². The van der Waals surface area contributed by atoms with Gasteiger partial charge in [0, 0.05) is 0 Å². The number of aromatic carboxylic acids is 1. The second-order valence-electron chi connectivity index (χ2n) is 5.87. The minimum absolute atomic E-state index is 0.321. The van der Waals surface area contributed by atoms with Gasteiger partial charge in [-0.3, -0.25) is 0 Å². The Morgan fingerprint density at radius 1 is 1.33 bits per heavy atom. The fourth-order valence-corrected chi connectivity index (χ4v) is 4.69. The van der Waals surface area contributed by atoms with Gasteiger partial charge in [0.1, 0.15) is 0 Å². The van der Waals surface area contributed by atoms with Gasteiger partial charge in [0.05, 0.1) is 0 Å². The summed E-state index contributed by atoms with van der Waals surface area (Å²) in [6.07, 6.45) is 0. The van der Waals surface area contributed by atoms with Crippen LogP contribution in [0.15, 0.2) is 18.2 Å². The van der Waals surface area contributed by atoms with Crippen LogP contribution in [0.3, 0.4) is 0 Å². The van der Waals surface area contributed by atoms with E-state index in [0.717, 1.165) is 42.0 Å². The van der Waals surface area contributed by atoms with Crippen molar-refractivity contribution in [2.45, 2.75) is 6.92 Å². The summed E-state index contributed by atoms with van der Waals surface area (Å²) in [6.45, 7) is 5.49. The molecule has 0 aliphatic carbocycles. The van der Waals surface area contributed by atoms with Gasteiger partial charge in [-0.25, -0.2) is 0 Å². The van der Waals surface area contributed by atoms with Crippen LogP contribution in [0.25, 0.3) is 10.1 Å². The van der Waals surface area contributed by atoms with Gasteiger partial charge >= 0.3 is 146 Å². The van der Waals surface area contributed by atoms with E-state index in [1.165, 1.54) is 0 Å². The normalized spacial score (nSPS) is 15.3. The van der Waals surface area contributed by atoms with Crippen molar-refractivity contribution in [1.29, 1.82) is 5.26 Å². The Bertz CT molecular complexity index is 816. The molecule has 1 aliphatic rings. The Morgan fingerprint density at radius 2 is 2.04 bits per heavy atom. The Kier molecular flexibility index (Phi) is 4.72. The number of piperazine rings is 1. The number of aryl methyl sites for hydroxylation is 1. The van der Waals surface area contributed by atoms with Crippen LogP contribution < -0.4 is 4.90 Å². The number of carboxylic acids is 1. The van der Waals surface area contributed by atoms with Crippen LogP contribution in [0, 0.1) is 18.3 Å². The molecule has 6 nitrogen and oxygen atoms in total. The van der Waals surface area contributed by atoms with Crippen LogP contribution in [0.5, 0.6) is 0 Å². The molecule has 0 bridgehead atoms. The van der Waals surface area contributed by atoms with E-state index in [2.05, 4.69) is 27.9 Å². The quantitative estimate of drug-likeness (QED) is 0.801. The van der Waals surface area contributed by atoms with Crippen LogP contribution in [-0.2, 0) is 0 Å². The predicted molar refractivity (Wildman–Crippen MR) is 92.7 cm³/mol. The molecular formula is C17H18N4O2Se. The number of hydrogen-bond acceptors (Lipinski definition) is 5. The van der Waals surface area contributed by atoms with Crippen molar-refractivity contribution >= 4 is 26.2 Å². The molecule has 0 atom stereocenters. The number of aromatic nitrogens is 1. The second-order valence-corrected chi connectivity index (χ2v) is 7.97. The summed E-state index contributed by atoms with van der Waals surface area (Å²) in [7, 11) is 2.10. The number of rotatable bonds is 3. The summed E-state index contributed by atoms with van der Waals surface area (Å²) in [5, 5.41) is 18.7. The first-order valence-electron chi connectivity index (χ1n) is 7.68. The molecule has 1 aliphatic heterocycles. The molecule has 3 rings (SSSR count). The molecule has 2 aromatic rings. The number of carboxylic acid groups (broad SMARTS) is 1. The maximum atomic E-state index is 11.2. The van der Waals surface area contributed by atoms with Crippen molar-refractivity contribution in [2.24, 2.45) is 0 Å². The fourth-order valence-electron chi connectivity index (χ4n) is 2.80. The van der Waals surface area contributed by atoms with Gasteiger partial charge in [-0.15, -0.1) is 0 Å². The van der Waals surface area contributed by atoms with Crippen molar-refractivity contribution in [3.8, 4) is 16.2 Å². The second kappa shape index (κ2) is 6.78. The van der Waals surface area contributed by atoms with Gasteiger partial charge in [0.2, 0.25) is 0 Å². The van der Waals surface area contributed by atoms with Crippen LogP contribution in [0.1, 0.15) is 20.5 Å². The number of benzene rings is 1. The third kappa shape index (κ3) is 3.22. The van der Waals surface area contributed by atoms with Gasteiger partial charge in [-0.1, -0.05) is 0 Å². The summed E-state index contributed by atoms with van der Waals surface area (Å²) >= 11 is -0.321. The van der Waals surface area contributed by atoms with E-state index in [4.69, 9.17) is 0 Å². The molecule has 1 aromatic carbocycles. The molecule has 0 unspecified atom stereocenters. The minimum atomic E-state index is -0.902. The van der Waals surface area contributed by atoms with Gasteiger partial charge in [0.15, 0.2) is 0 Å². The van der Waals surface area contributed by atoms with Gasteiger partial charge in [-0.2, -0.15) is 0 Å². The fraction of sp³-hybridized carbons (Fsp3) is 0.353. The number of anilines is 1. The SMILES string of the molecule is Cc1nc(-c2ccc(N3CCN(C)CC3)c(C#N)c2)[se]c1C(=O)O. The Hall–Kier alpha value is -2.13. The van der Waals surface area contributed by atoms with Crippen molar-refractivity contribution < 1.29 is 9.90 Å². The Morgan fingerprint density at radius 3 is 2.62 bits per heavy atom. The van der Waals surface area contributed by atoms with E-state index in [0.29, 0.717) is 15.7 Å². The third-order valence-electron chi connectivity index (χ3n) is 4.20. The molecule has 1 aromatic heterocycles. The summed E-state index contributed by atoms with van der Waals surface area (Å²) in [5.41, 5.74) is 2.99. The number of nitriles is 1. The summed E-state index contributed by atoms with van der Waals surface area (Å²) in [6, 6.07) is 8.04. The van der Waals surface area contributed by atoms with E-state index in [-0.39, 0.29) is 14.5 Å². The van der Waals surface area contributed by atoms with E-state index in [1.54, 1.807) is 6.92 Å². The average Bonchev–Trinajstić information content (AvgIpc) is 2.97. The molecule has 2 heterocycles. The van der Waals surface area contributed by atoms with E-state index < -0.39 is 5.97 Å². The average molecular weight is 389 g/mol. The predicted octanol–water partition coefficient (Wildman–Crippen LogP) is 1.44. The Labute approximate surface area is 146 Å². The number of likely N-dealkylation sites (N-methyl/N-ethyl adjacent to an activating group) is 1. The molecule has 0 radical (unpaired) electrons. The van der Waals surface area contributed by atoms with Crippen LogP contribution >= 0.6 is 0 Å². The first kappa shape index (κ1) is 16.7. The first-order chi connectivity index (χ1) is 11.5. The summed E-state index contributed by atoms with van der Waals surface area (Å²) in [5.74, 6) is -0.902. The molecule has 1 N–H and O–H groups in total. The molecule has 24 heavy (non-hydrogen) atoms. The molecule has 0 spiro atoms. The number of hydrogen-bond donors (Lipinski definition) is 1. The van der Waals surface area contributed by atoms with Crippen molar-refractivity contribution in [3.05, 3.63) is 33.9 Å². The molecule has 0 saturated carbocycles. The topological polar surface area (TPSA) is 80.5 Å². The number of carbonyl (C=O) groups is 1. The van der Waals surface area contributed by atoms with E-state index in [9.17, 15) is 15.2 Å². The zero-order chi connectivity index (χ0) is 17.3. The van der Waals surface area contributed by atoms with Crippen LogP contribution in [-0.4, -0.2) is 68.7 Å². The molecule has 1 fully saturated rings. The van der Waals surface area contributed by atoms with Crippen LogP contribution in [0.2, 0.25) is 0 Å². The monoisotopic (exact) mass is 390 g/mol. The Balaban J connectivity index is 1.94. The molecule has 124 valence electrons. The molecule has 0 amide bonds. The van der Waals surface area contributed by atoms with E-state index >= 15 is 0 Å². The maximum absolute atomic E-state index is 11.2. The molecule has 7 heteroatoms. The number of nitrogens with zero attached hydrogens (tertiary/aromatic N) is 4. The van der Waals surface area contributed by atoms with Gasteiger partial charge in [0.25, 0.3) is 0 Å². The zero-order valence-corrected chi connectivity index (χ0v) is 15.3. The standard InChI is InChI=1S/C17H18N4O2Se/c1-11-15(17(22)23)24-16(19-11)12-3-4-14(13(9-12)10-18)21-7-5-20(2)6-8-21/h3-4,9H,5-8H2,1-2H3,(H,22,23). The van der Waals surface area contributed by atoms with Crippen molar-refractivity contribution in [2.75, 3.05) is 38.1 Å². The zero-order valence-electron chi connectivity index (χ0n) is 13.6. The first-order valence-corrected chi connectivity index (χ1v) is 9.39. The van der Waals surface area contributed by atoms with E-state index in [1.807, 2.05) is 18.2 Å².